The van der Waals surface area contributed by atoms with Crippen molar-refractivity contribution >= 4 is 23.6 Å². The van der Waals surface area contributed by atoms with Gasteiger partial charge in [-0.25, -0.2) is 0 Å². The van der Waals surface area contributed by atoms with Crippen molar-refractivity contribution in [2.75, 3.05) is 73.6 Å². The summed E-state index contributed by atoms with van der Waals surface area (Å²) in [4.78, 5) is 29.6. The summed E-state index contributed by atoms with van der Waals surface area (Å²) in [6, 6.07) is 2.12. The average molecular weight is 360 g/mol. The molecule has 26 heavy (non-hydrogen) atoms. The van der Waals surface area contributed by atoms with Gasteiger partial charge in [-0.15, -0.1) is 0 Å². The standard InChI is InChI=1S/C18H28N6O2/c25-17(26)14-21-9-11-23(12-10-21)16-13-15(22-5-1-2-6-22)19-18(20-16)24-7-3-4-8-24/h13H,1-12,14H2,(H,25,26). The maximum atomic E-state index is 10.9. The minimum atomic E-state index is -0.756. The fraction of sp³-hybridized carbons (Fsp3) is 0.722. The Morgan fingerprint density at radius 2 is 1.31 bits per heavy atom. The molecule has 3 aliphatic rings. The third kappa shape index (κ3) is 3.85. The zero-order chi connectivity index (χ0) is 17.9. The summed E-state index contributed by atoms with van der Waals surface area (Å²) in [6.07, 6.45) is 4.87. The van der Waals surface area contributed by atoms with Gasteiger partial charge in [-0.05, 0) is 25.7 Å². The van der Waals surface area contributed by atoms with Crippen LogP contribution in [0.3, 0.4) is 0 Å². The number of aliphatic carboxylic acids is 1. The number of piperazine rings is 1. The van der Waals surface area contributed by atoms with Crippen molar-refractivity contribution in [3.63, 3.8) is 0 Å². The summed E-state index contributed by atoms with van der Waals surface area (Å²) in [5.74, 6) is 2.13. The Morgan fingerprint density at radius 3 is 1.85 bits per heavy atom. The van der Waals surface area contributed by atoms with Crippen LogP contribution < -0.4 is 14.7 Å². The highest BCUT2D eigenvalue weighted by Gasteiger charge is 2.24. The van der Waals surface area contributed by atoms with Crippen molar-refractivity contribution in [2.45, 2.75) is 25.7 Å². The Hall–Kier alpha value is -2.09. The lowest BCUT2D eigenvalue weighted by atomic mass is 10.3. The van der Waals surface area contributed by atoms with E-state index in [1.165, 1.54) is 25.7 Å². The molecule has 0 unspecified atom stereocenters. The van der Waals surface area contributed by atoms with Crippen LogP contribution in [0.15, 0.2) is 6.07 Å². The number of carbonyl (C=O) groups is 1. The number of hydrogen-bond acceptors (Lipinski definition) is 7. The first kappa shape index (κ1) is 17.3. The smallest absolute Gasteiger partial charge is 0.317 e. The van der Waals surface area contributed by atoms with E-state index in [4.69, 9.17) is 15.1 Å². The molecule has 1 N–H and O–H groups in total. The highest BCUT2D eigenvalue weighted by atomic mass is 16.4. The van der Waals surface area contributed by atoms with Crippen molar-refractivity contribution in [3.05, 3.63) is 6.07 Å². The maximum Gasteiger partial charge on any atom is 0.317 e. The number of carboxylic acid groups (broad SMARTS) is 1. The molecular weight excluding hydrogens is 332 g/mol. The lowest BCUT2D eigenvalue weighted by molar-refractivity contribution is -0.138. The van der Waals surface area contributed by atoms with Crippen LogP contribution in [0.4, 0.5) is 17.6 Å². The van der Waals surface area contributed by atoms with E-state index in [1.54, 1.807) is 0 Å². The molecule has 0 aliphatic carbocycles. The van der Waals surface area contributed by atoms with Gasteiger partial charge in [0.15, 0.2) is 0 Å². The van der Waals surface area contributed by atoms with E-state index in [0.29, 0.717) is 0 Å². The summed E-state index contributed by atoms with van der Waals surface area (Å²) < 4.78 is 0. The Labute approximate surface area is 154 Å². The number of carboxylic acids is 1. The maximum absolute atomic E-state index is 10.9. The van der Waals surface area contributed by atoms with Gasteiger partial charge in [-0.3, -0.25) is 9.69 Å². The summed E-state index contributed by atoms with van der Waals surface area (Å²) in [5, 5.41) is 8.98. The number of nitrogens with zero attached hydrogens (tertiary/aromatic N) is 6. The van der Waals surface area contributed by atoms with E-state index in [9.17, 15) is 4.79 Å². The van der Waals surface area contributed by atoms with Crippen molar-refractivity contribution in [3.8, 4) is 0 Å². The molecule has 142 valence electrons. The molecule has 4 heterocycles. The first-order chi connectivity index (χ1) is 12.7. The van der Waals surface area contributed by atoms with Gasteiger partial charge < -0.3 is 19.8 Å². The molecule has 0 atom stereocenters. The van der Waals surface area contributed by atoms with E-state index in [1.807, 2.05) is 4.90 Å². The second-order valence-electron chi connectivity index (χ2n) is 7.43. The monoisotopic (exact) mass is 360 g/mol. The number of anilines is 3. The minimum Gasteiger partial charge on any atom is -0.480 e. The molecule has 0 radical (unpaired) electrons. The van der Waals surface area contributed by atoms with Gasteiger partial charge in [0, 0.05) is 58.4 Å². The Bertz CT molecular complexity index is 600. The van der Waals surface area contributed by atoms with Crippen molar-refractivity contribution < 1.29 is 9.90 Å². The molecule has 3 saturated heterocycles. The van der Waals surface area contributed by atoms with Gasteiger partial charge in [0.05, 0.1) is 6.54 Å². The van der Waals surface area contributed by atoms with E-state index in [-0.39, 0.29) is 6.54 Å². The summed E-state index contributed by atoms with van der Waals surface area (Å²) >= 11 is 0. The molecule has 3 fully saturated rings. The molecule has 8 heteroatoms. The number of rotatable bonds is 5. The number of aromatic nitrogens is 2. The van der Waals surface area contributed by atoms with Gasteiger partial charge >= 0.3 is 5.97 Å². The molecule has 3 aliphatic heterocycles. The summed E-state index contributed by atoms with van der Waals surface area (Å²) in [6.45, 7) is 7.47. The molecule has 0 saturated carbocycles. The van der Waals surface area contributed by atoms with Crippen LogP contribution >= 0.6 is 0 Å². The highest BCUT2D eigenvalue weighted by molar-refractivity contribution is 5.69. The molecule has 4 rings (SSSR count). The van der Waals surface area contributed by atoms with Crippen LogP contribution in [-0.4, -0.2) is 84.8 Å². The Balaban J connectivity index is 1.53. The lowest BCUT2D eigenvalue weighted by Crippen LogP contribution is -2.48. The van der Waals surface area contributed by atoms with Gasteiger partial charge in [-0.2, -0.15) is 9.97 Å². The third-order valence-electron chi connectivity index (χ3n) is 5.56. The first-order valence-corrected chi connectivity index (χ1v) is 9.77. The molecule has 0 bridgehead atoms. The fourth-order valence-corrected chi connectivity index (χ4v) is 4.07. The predicted molar refractivity (Wildman–Crippen MR) is 101 cm³/mol. The van der Waals surface area contributed by atoms with Crippen LogP contribution in [-0.2, 0) is 4.79 Å². The van der Waals surface area contributed by atoms with Crippen LogP contribution in [0.1, 0.15) is 25.7 Å². The van der Waals surface area contributed by atoms with Crippen molar-refractivity contribution in [2.24, 2.45) is 0 Å². The van der Waals surface area contributed by atoms with Crippen LogP contribution in [0.25, 0.3) is 0 Å². The van der Waals surface area contributed by atoms with Gasteiger partial charge in [0.2, 0.25) is 5.95 Å². The largest absolute Gasteiger partial charge is 0.480 e. The molecule has 0 amide bonds. The lowest BCUT2D eigenvalue weighted by Gasteiger charge is -2.35. The molecular formula is C18H28N6O2. The predicted octanol–water partition coefficient (Wildman–Crippen LogP) is 0.884. The molecule has 0 aromatic carbocycles. The minimum absolute atomic E-state index is 0.121. The second-order valence-corrected chi connectivity index (χ2v) is 7.43. The van der Waals surface area contributed by atoms with Gasteiger partial charge in [0.1, 0.15) is 11.6 Å². The second kappa shape index (κ2) is 7.65. The van der Waals surface area contributed by atoms with Gasteiger partial charge in [-0.1, -0.05) is 0 Å². The van der Waals surface area contributed by atoms with Crippen LogP contribution in [0, 0.1) is 0 Å². The fourth-order valence-electron chi connectivity index (χ4n) is 4.07. The zero-order valence-electron chi connectivity index (χ0n) is 15.3. The van der Waals surface area contributed by atoms with Crippen LogP contribution in [0.5, 0.6) is 0 Å². The van der Waals surface area contributed by atoms with Crippen molar-refractivity contribution in [1.82, 2.24) is 14.9 Å². The zero-order valence-corrected chi connectivity index (χ0v) is 15.3. The summed E-state index contributed by atoms with van der Waals surface area (Å²) in [5.41, 5.74) is 0. The number of hydrogen-bond donors (Lipinski definition) is 1. The van der Waals surface area contributed by atoms with Crippen LogP contribution in [0.2, 0.25) is 0 Å². The quantitative estimate of drug-likeness (QED) is 0.830. The molecule has 1 aromatic heterocycles. The summed E-state index contributed by atoms with van der Waals surface area (Å²) in [7, 11) is 0. The van der Waals surface area contributed by atoms with E-state index in [2.05, 4.69) is 20.8 Å². The SMILES string of the molecule is O=C(O)CN1CCN(c2cc(N3CCCC3)nc(N3CCCC3)n2)CC1. The molecule has 1 aromatic rings. The van der Waals surface area contributed by atoms with E-state index >= 15 is 0 Å². The normalized spacial score (nSPS) is 21.6. The molecule has 8 nitrogen and oxygen atoms in total. The van der Waals surface area contributed by atoms with Gasteiger partial charge in [0.25, 0.3) is 0 Å². The first-order valence-electron chi connectivity index (χ1n) is 9.77. The van der Waals surface area contributed by atoms with E-state index in [0.717, 1.165) is 69.9 Å². The average Bonchev–Trinajstić information content (AvgIpc) is 3.35. The highest BCUT2D eigenvalue weighted by Crippen LogP contribution is 2.27. The topological polar surface area (TPSA) is 76.0 Å². The van der Waals surface area contributed by atoms with Crippen molar-refractivity contribution in [1.29, 1.82) is 0 Å². The Morgan fingerprint density at radius 1 is 0.808 bits per heavy atom. The van der Waals surface area contributed by atoms with E-state index < -0.39 is 5.97 Å². The Kier molecular flexibility index (Phi) is 5.10. The molecule has 0 spiro atoms. The third-order valence-corrected chi connectivity index (χ3v) is 5.56.